The maximum Gasteiger partial charge on any atom is 0.242 e. The first-order valence-corrected chi connectivity index (χ1v) is 10.8. The van der Waals surface area contributed by atoms with E-state index in [2.05, 4.69) is 63.5 Å². The van der Waals surface area contributed by atoms with E-state index in [-0.39, 0.29) is 11.9 Å². The Hall–Kier alpha value is -1.95. The summed E-state index contributed by atoms with van der Waals surface area (Å²) in [6.45, 7) is 2.64. The number of hydrogen-bond donors (Lipinski definition) is 3. The summed E-state index contributed by atoms with van der Waals surface area (Å²) in [6.07, 6.45) is 5.79. The molecule has 28 heavy (non-hydrogen) atoms. The zero-order valence-corrected chi connectivity index (χ0v) is 16.4. The average molecular weight is 379 g/mol. The lowest BCUT2D eigenvalue weighted by Gasteiger charge is -2.34. The van der Waals surface area contributed by atoms with Crippen LogP contribution >= 0.6 is 0 Å². The van der Waals surface area contributed by atoms with E-state index < -0.39 is 0 Å². The summed E-state index contributed by atoms with van der Waals surface area (Å²) in [5.74, 6) is 0.598. The molecule has 5 rings (SSSR count). The highest BCUT2D eigenvalue weighted by molar-refractivity contribution is 5.87. The van der Waals surface area contributed by atoms with Gasteiger partial charge in [-0.2, -0.15) is 0 Å². The van der Waals surface area contributed by atoms with Gasteiger partial charge >= 0.3 is 0 Å². The molecule has 3 fully saturated rings. The van der Waals surface area contributed by atoms with Crippen molar-refractivity contribution in [3.63, 3.8) is 0 Å². The Kier molecular flexibility index (Phi) is 5.05. The van der Waals surface area contributed by atoms with Crippen molar-refractivity contribution in [1.82, 2.24) is 21.1 Å². The maximum absolute atomic E-state index is 13.7. The number of amides is 1. The van der Waals surface area contributed by atoms with E-state index in [0.717, 1.165) is 32.4 Å². The van der Waals surface area contributed by atoms with Gasteiger partial charge in [0.05, 0.1) is 0 Å². The minimum Gasteiger partial charge on any atom is -0.334 e. The number of nitrogens with one attached hydrogen (secondary N) is 3. The Balaban J connectivity index is 1.44. The van der Waals surface area contributed by atoms with Crippen molar-refractivity contribution in [1.29, 1.82) is 0 Å². The molecule has 3 unspecified atom stereocenters. The van der Waals surface area contributed by atoms with Gasteiger partial charge in [0, 0.05) is 31.1 Å². The van der Waals surface area contributed by atoms with Crippen LogP contribution in [0.5, 0.6) is 0 Å². The lowest BCUT2D eigenvalue weighted by molar-refractivity contribution is -0.137. The Morgan fingerprint density at radius 3 is 2.71 bits per heavy atom. The third-order valence-electron chi connectivity index (χ3n) is 6.92. The Labute approximate surface area is 166 Å². The van der Waals surface area contributed by atoms with Gasteiger partial charge in [-0.25, -0.2) is 5.43 Å². The van der Waals surface area contributed by atoms with E-state index in [9.17, 15) is 4.79 Å². The molecule has 3 N–H and O–H groups in total. The average Bonchev–Trinajstić information content (AvgIpc) is 3.41. The molecule has 2 aromatic carbocycles. The molecule has 2 aromatic rings. The van der Waals surface area contributed by atoms with Crippen LogP contribution < -0.4 is 16.2 Å². The van der Waals surface area contributed by atoms with Crippen molar-refractivity contribution in [2.45, 2.75) is 56.8 Å². The molecule has 0 aromatic heterocycles. The molecule has 148 valence electrons. The van der Waals surface area contributed by atoms with Crippen LogP contribution in [-0.4, -0.2) is 42.0 Å². The molecule has 0 bridgehead atoms. The highest BCUT2D eigenvalue weighted by atomic mass is 16.2. The molecule has 2 saturated heterocycles. The van der Waals surface area contributed by atoms with Crippen LogP contribution in [0.15, 0.2) is 42.5 Å². The fourth-order valence-corrected chi connectivity index (χ4v) is 5.36. The van der Waals surface area contributed by atoms with Gasteiger partial charge in [0.1, 0.15) is 6.04 Å². The number of rotatable bonds is 4. The zero-order chi connectivity index (χ0) is 18.9. The molecular weight excluding hydrogens is 348 g/mol. The van der Waals surface area contributed by atoms with Crippen molar-refractivity contribution in [3.05, 3.63) is 48.0 Å². The molecule has 0 spiro atoms. The van der Waals surface area contributed by atoms with E-state index in [4.69, 9.17) is 0 Å². The molecule has 1 saturated carbocycles. The predicted octanol–water partition coefficient (Wildman–Crippen LogP) is 2.57. The number of carbonyl (C=O) groups is 1. The lowest BCUT2D eigenvalue weighted by atomic mass is 9.88. The van der Waals surface area contributed by atoms with Gasteiger partial charge in [-0.1, -0.05) is 55.3 Å². The largest absolute Gasteiger partial charge is 0.334 e. The van der Waals surface area contributed by atoms with Gasteiger partial charge in [-0.3, -0.25) is 10.2 Å². The van der Waals surface area contributed by atoms with Crippen LogP contribution in [0.3, 0.4) is 0 Å². The Morgan fingerprint density at radius 1 is 1.00 bits per heavy atom. The van der Waals surface area contributed by atoms with Gasteiger partial charge in [0.15, 0.2) is 0 Å². The predicted molar refractivity (Wildman–Crippen MR) is 112 cm³/mol. The molecular formula is C23H30N4O. The molecule has 5 heteroatoms. The maximum atomic E-state index is 13.7. The van der Waals surface area contributed by atoms with Crippen LogP contribution in [0.4, 0.5) is 0 Å². The second-order valence-corrected chi connectivity index (χ2v) is 8.57. The van der Waals surface area contributed by atoms with Crippen molar-refractivity contribution < 1.29 is 4.79 Å². The highest BCUT2D eigenvalue weighted by Gasteiger charge is 2.44. The van der Waals surface area contributed by atoms with Gasteiger partial charge in [-0.05, 0) is 42.1 Å². The van der Waals surface area contributed by atoms with Gasteiger partial charge in [-0.15, -0.1) is 0 Å². The summed E-state index contributed by atoms with van der Waals surface area (Å²) in [6, 6.07) is 15.6. The Bertz CT molecular complexity index is 842. The summed E-state index contributed by atoms with van der Waals surface area (Å²) >= 11 is 0. The van der Waals surface area contributed by atoms with Crippen molar-refractivity contribution >= 4 is 16.7 Å². The van der Waals surface area contributed by atoms with Crippen LogP contribution in [0.1, 0.15) is 37.7 Å². The fourth-order valence-electron chi connectivity index (χ4n) is 5.36. The number of piperidine rings is 1. The number of nitrogens with zero attached hydrogens (tertiary/aromatic N) is 1. The smallest absolute Gasteiger partial charge is 0.242 e. The fraction of sp³-hybridized carbons (Fsp3) is 0.522. The monoisotopic (exact) mass is 378 g/mol. The van der Waals surface area contributed by atoms with Crippen LogP contribution in [0.2, 0.25) is 0 Å². The summed E-state index contributed by atoms with van der Waals surface area (Å²) in [5, 5.41) is 5.98. The molecule has 2 aliphatic heterocycles. The summed E-state index contributed by atoms with van der Waals surface area (Å²) in [5.41, 5.74) is 7.99. The third-order valence-corrected chi connectivity index (χ3v) is 6.92. The number of carbonyl (C=O) groups excluding carboxylic acids is 1. The van der Waals surface area contributed by atoms with Crippen molar-refractivity contribution in [2.24, 2.45) is 5.92 Å². The molecule has 5 nitrogen and oxygen atoms in total. The highest BCUT2D eigenvalue weighted by Crippen LogP contribution is 2.30. The number of hydrogen-bond acceptors (Lipinski definition) is 4. The molecule has 3 aliphatic rings. The molecule has 1 aliphatic carbocycles. The summed E-state index contributed by atoms with van der Waals surface area (Å²) in [7, 11) is 0. The molecule has 2 heterocycles. The zero-order valence-electron chi connectivity index (χ0n) is 16.4. The summed E-state index contributed by atoms with van der Waals surface area (Å²) < 4.78 is 0. The minimum atomic E-state index is -0.131. The Morgan fingerprint density at radius 2 is 1.82 bits per heavy atom. The minimum absolute atomic E-state index is 0.131. The topological polar surface area (TPSA) is 56.4 Å². The van der Waals surface area contributed by atoms with Gasteiger partial charge < -0.3 is 10.2 Å². The molecule has 1 amide bonds. The first kappa shape index (κ1) is 18.1. The second kappa shape index (κ2) is 7.82. The normalized spacial score (nSPS) is 27.8. The summed E-state index contributed by atoms with van der Waals surface area (Å²) in [4.78, 5) is 15.9. The van der Waals surface area contributed by atoms with E-state index in [1.165, 1.54) is 29.2 Å². The number of benzene rings is 2. The van der Waals surface area contributed by atoms with E-state index >= 15 is 0 Å². The van der Waals surface area contributed by atoms with Crippen molar-refractivity contribution in [3.8, 4) is 0 Å². The SMILES string of the molecule is O=C(C1NNC2CCNCC21)N(Cc1cccc2ccccc12)C1CCCC1. The lowest BCUT2D eigenvalue weighted by Crippen LogP contribution is -2.52. The van der Waals surface area contributed by atoms with Crippen LogP contribution in [-0.2, 0) is 11.3 Å². The molecule has 0 radical (unpaired) electrons. The first-order valence-electron chi connectivity index (χ1n) is 10.8. The standard InChI is InChI=1S/C23H30N4O/c28-23(22-20-14-24-13-12-21(20)25-26-22)27(18-9-2-3-10-18)15-17-8-5-7-16-6-1-4-11-19(16)17/h1,4-8,11,18,20-22,24-26H,2-3,9-10,12-15H2. The van der Waals surface area contributed by atoms with Gasteiger partial charge in [0.25, 0.3) is 0 Å². The van der Waals surface area contributed by atoms with Crippen LogP contribution in [0, 0.1) is 5.92 Å². The number of hydrazine groups is 1. The molecule has 3 atom stereocenters. The number of fused-ring (bicyclic) bond motifs is 2. The second-order valence-electron chi connectivity index (χ2n) is 8.57. The first-order chi connectivity index (χ1) is 13.8. The van der Waals surface area contributed by atoms with Crippen LogP contribution in [0.25, 0.3) is 10.8 Å². The third kappa shape index (κ3) is 3.32. The van der Waals surface area contributed by atoms with E-state index in [1.807, 2.05) is 0 Å². The van der Waals surface area contributed by atoms with E-state index in [0.29, 0.717) is 24.5 Å². The van der Waals surface area contributed by atoms with Gasteiger partial charge in [0.2, 0.25) is 5.91 Å². The van der Waals surface area contributed by atoms with E-state index in [1.54, 1.807) is 0 Å². The van der Waals surface area contributed by atoms with Crippen molar-refractivity contribution in [2.75, 3.05) is 13.1 Å². The quantitative estimate of drug-likeness (QED) is 0.765.